The summed E-state index contributed by atoms with van der Waals surface area (Å²) in [6.45, 7) is 2.05. The first-order valence-corrected chi connectivity index (χ1v) is 7.98. The van der Waals surface area contributed by atoms with E-state index in [-0.39, 0.29) is 5.82 Å². The minimum Gasteiger partial charge on any atom is -0.355 e. The van der Waals surface area contributed by atoms with Crippen molar-refractivity contribution in [3.05, 3.63) is 81.8 Å². The van der Waals surface area contributed by atoms with Gasteiger partial charge in [-0.1, -0.05) is 24.3 Å². The third-order valence-corrected chi connectivity index (χ3v) is 4.10. The molecule has 1 nitrogen and oxygen atoms in total. The lowest BCUT2D eigenvalue weighted by Gasteiger charge is -2.10. The molecule has 3 aromatic rings. The van der Waals surface area contributed by atoms with Crippen LogP contribution in [0.4, 0.5) is 15.8 Å². The minimum absolute atomic E-state index is 0.227. The number of hydrogen-bond donors (Lipinski definition) is 1. The Labute approximate surface area is 133 Å². The van der Waals surface area contributed by atoms with Crippen molar-refractivity contribution >= 4 is 34.9 Å². The van der Waals surface area contributed by atoms with Crippen LogP contribution in [-0.4, -0.2) is 0 Å². The lowest BCUT2D eigenvalue weighted by Crippen LogP contribution is -1.93. The molecule has 0 amide bonds. The fraction of sp³-hybridized carbons (Fsp3) is 0.0526. The molecule has 3 heteroatoms. The van der Waals surface area contributed by atoms with Gasteiger partial charge in [-0.25, -0.2) is 4.39 Å². The van der Waals surface area contributed by atoms with Crippen LogP contribution in [0, 0.1) is 12.7 Å². The number of thiophene rings is 1. The molecule has 0 saturated heterocycles. The Hall–Kier alpha value is -2.39. The first-order valence-electron chi connectivity index (χ1n) is 7.04. The topological polar surface area (TPSA) is 12.0 Å². The van der Waals surface area contributed by atoms with E-state index in [4.69, 9.17) is 0 Å². The molecule has 1 aromatic heterocycles. The molecule has 1 N–H and O–H groups in total. The Bertz CT molecular complexity index is 774. The molecule has 110 valence electrons. The second kappa shape index (κ2) is 6.58. The Morgan fingerprint density at radius 2 is 1.73 bits per heavy atom. The molecule has 0 aliphatic carbocycles. The zero-order valence-corrected chi connectivity index (χ0v) is 13.0. The van der Waals surface area contributed by atoms with Crippen LogP contribution >= 0.6 is 11.3 Å². The molecule has 0 fully saturated rings. The highest BCUT2D eigenvalue weighted by atomic mass is 32.1. The van der Waals surface area contributed by atoms with E-state index in [1.54, 1.807) is 23.5 Å². The van der Waals surface area contributed by atoms with Gasteiger partial charge in [-0.05, 0) is 70.8 Å². The molecular formula is C19H16FNS. The molecule has 22 heavy (non-hydrogen) atoms. The smallest absolute Gasteiger partial charge is 0.123 e. The summed E-state index contributed by atoms with van der Waals surface area (Å²) in [5.74, 6) is -0.227. The summed E-state index contributed by atoms with van der Waals surface area (Å²) < 4.78 is 13.0. The van der Waals surface area contributed by atoms with Crippen molar-refractivity contribution in [2.45, 2.75) is 6.92 Å². The van der Waals surface area contributed by atoms with E-state index in [1.165, 1.54) is 17.7 Å². The van der Waals surface area contributed by atoms with Gasteiger partial charge in [-0.15, -0.1) is 0 Å². The second-order valence-corrected chi connectivity index (χ2v) is 5.88. The third-order valence-electron chi connectivity index (χ3n) is 3.40. The maximum atomic E-state index is 13.0. The van der Waals surface area contributed by atoms with Crippen LogP contribution in [0.3, 0.4) is 0 Å². The van der Waals surface area contributed by atoms with E-state index in [0.29, 0.717) is 0 Å². The largest absolute Gasteiger partial charge is 0.355 e. The van der Waals surface area contributed by atoms with Gasteiger partial charge >= 0.3 is 0 Å². The highest BCUT2D eigenvalue weighted by Gasteiger charge is 2.01. The van der Waals surface area contributed by atoms with Gasteiger partial charge in [0.15, 0.2) is 0 Å². The summed E-state index contributed by atoms with van der Waals surface area (Å²) in [6, 6.07) is 14.8. The van der Waals surface area contributed by atoms with E-state index in [0.717, 1.165) is 22.5 Å². The monoisotopic (exact) mass is 309 g/mol. The van der Waals surface area contributed by atoms with Crippen LogP contribution in [0.2, 0.25) is 0 Å². The first-order chi connectivity index (χ1) is 10.7. The van der Waals surface area contributed by atoms with Crippen LogP contribution in [0.25, 0.3) is 12.2 Å². The summed E-state index contributed by atoms with van der Waals surface area (Å²) in [5.41, 5.74) is 5.39. The van der Waals surface area contributed by atoms with Crippen molar-refractivity contribution < 1.29 is 4.39 Å². The molecule has 1 heterocycles. The molecule has 2 aromatic carbocycles. The van der Waals surface area contributed by atoms with Crippen molar-refractivity contribution in [2.24, 2.45) is 0 Å². The van der Waals surface area contributed by atoms with Gasteiger partial charge in [0.1, 0.15) is 5.82 Å². The fourth-order valence-electron chi connectivity index (χ4n) is 2.13. The van der Waals surface area contributed by atoms with Gasteiger partial charge in [0.05, 0.1) is 0 Å². The maximum absolute atomic E-state index is 13.0. The van der Waals surface area contributed by atoms with E-state index < -0.39 is 0 Å². The molecular weight excluding hydrogens is 293 g/mol. The summed E-state index contributed by atoms with van der Waals surface area (Å²) >= 11 is 1.69. The molecule has 0 aliphatic heterocycles. The second-order valence-electron chi connectivity index (χ2n) is 5.10. The lowest BCUT2D eigenvalue weighted by atomic mass is 10.1. The molecule has 3 rings (SSSR count). The molecule has 0 unspecified atom stereocenters. The Balaban J connectivity index is 1.82. The van der Waals surface area contributed by atoms with Crippen LogP contribution in [0.15, 0.2) is 59.3 Å². The number of nitrogens with one attached hydrogen (secondary N) is 1. The van der Waals surface area contributed by atoms with Gasteiger partial charge in [0, 0.05) is 11.4 Å². The van der Waals surface area contributed by atoms with Crippen LogP contribution in [-0.2, 0) is 0 Å². The normalized spacial score (nSPS) is 11.0. The summed E-state index contributed by atoms with van der Waals surface area (Å²) in [6.07, 6.45) is 4.19. The zero-order chi connectivity index (χ0) is 15.4. The standard InChI is InChI=1S/C19H16FNS/c1-14-2-3-15(4-5-16-10-11-22-13-16)12-19(14)21-18-8-6-17(20)7-9-18/h2-13,21H,1H3/b5-4+. The molecule has 0 saturated carbocycles. The van der Waals surface area contributed by atoms with Gasteiger partial charge < -0.3 is 5.32 Å². The van der Waals surface area contributed by atoms with Crippen molar-refractivity contribution in [1.82, 2.24) is 0 Å². The number of hydrogen-bond acceptors (Lipinski definition) is 2. The third kappa shape index (κ3) is 3.62. The van der Waals surface area contributed by atoms with E-state index >= 15 is 0 Å². The molecule has 0 atom stereocenters. The Kier molecular flexibility index (Phi) is 4.35. The predicted molar refractivity (Wildman–Crippen MR) is 94.1 cm³/mol. The predicted octanol–water partition coefficient (Wildman–Crippen LogP) is 6.11. The Morgan fingerprint density at radius 1 is 0.955 bits per heavy atom. The average molecular weight is 309 g/mol. The van der Waals surface area contributed by atoms with Crippen LogP contribution < -0.4 is 5.32 Å². The van der Waals surface area contributed by atoms with Gasteiger partial charge in [0.2, 0.25) is 0 Å². The van der Waals surface area contributed by atoms with Crippen LogP contribution in [0.5, 0.6) is 0 Å². The minimum atomic E-state index is -0.227. The number of aryl methyl sites for hydroxylation is 1. The summed E-state index contributed by atoms with van der Waals surface area (Å²) in [5, 5.41) is 7.51. The highest BCUT2D eigenvalue weighted by molar-refractivity contribution is 7.08. The van der Waals surface area contributed by atoms with Crippen molar-refractivity contribution in [1.29, 1.82) is 0 Å². The first kappa shape index (κ1) is 14.5. The zero-order valence-electron chi connectivity index (χ0n) is 12.2. The fourth-order valence-corrected chi connectivity index (χ4v) is 2.76. The van der Waals surface area contributed by atoms with Crippen molar-refractivity contribution in [3.8, 4) is 0 Å². The maximum Gasteiger partial charge on any atom is 0.123 e. The van der Waals surface area contributed by atoms with Gasteiger partial charge in [-0.2, -0.15) is 11.3 Å². The average Bonchev–Trinajstić information content (AvgIpc) is 3.04. The summed E-state index contributed by atoms with van der Waals surface area (Å²) in [4.78, 5) is 0. The van der Waals surface area contributed by atoms with Crippen LogP contribution in [0.1, 0.15) is 16.7 Å². The molecule has 0 bridgehead atoms. The van der Waals surface area contributed by atoms with Gasteiger partial charge in [0.25, 0.3) is 0 Å². The molecule has 0 aliphatic rings. The number of benzene rings is 2. The quantitative estimate of drug-likeness (QED) is 0.613. The molecule has 0 spiro atoms. The SMILES string of the molecule is Cc1ccc(/C=C/c2ccsc2)cc1Nc1ccc(F)cc1. The van der Waals surface area contributed by atoms with Crippen molar-refractivity contribution in [3.63, 3.8) is 0 Å². The van der Waals surface area contributed by atoms with Gasteiger partial charge in [-0.3, -0.25) is 0 Å². The number of anilines is 2. The summed E-state index contributed by atoms with van der Waals surface area (Å²) in [7, 11) is 0. The lowest BCUT2D eigenvalue weighted by molar-refractivity contribution is 0.628. The number of rotatable bonds is 4. The Morgan fingerprint density at radius 3 is 2.45 bits per heavy atom. The van der Waals surface area contributed by atoms with Crippen molar-refractivity contribution in [2.75, 3.05) is 5.32 Å². The van der Waals surface area contributed by atoms with E-state index in [9.17, 15) is 4.39 Å². The molecule has 0 radical (unpaired) electrons. The number of halogens is 1. The van der Waals surface area contributed by atoms with E-state index in [1.807, 2.05) is 0 Å². The highest BCUT2D eigenvalue weighted by Crippen LogP contribution is 2.23. The van der Waals surface area contributed by atoms with E-state index in [2.05, 4.69) is 59.4 Å².